The van der Waals surface area contributed by atoms with Crippen molar-refractivity contribution in [1.29, 1.82) is 0 Å². The normalized spacial score (nSPS) is 12.3. The van der Waals surface area contributed by atoms with Crippen LogP contribution in [-0.4, -0.2) is 38.0 Å². The first-order valence-corrected chi connectivity index (χ1v) is 5.95. The zero-order chi connectivity index (χ0) is 13.5. The molecule has 0 fully saturated rings. The summed E-state index contributed by atoms with van der Waals surface area (Å²) in [7, 11) is 1.84. The predicted octanol–water partition coefficient (Wildman–Crippen LogP) is 0.685. The maximum Gasteiger partial charge on any atom is 0.239 e. The molecule has 0 aromatic heterocycles. The second-order valence-electron chi connectivity index (χ2n) is 5.51. The number of hydrogen-bond acceptors (Lipinski definition) is 3. The Morgan fingerprint density at radius 3 is 2.11 bits per heavy atom. The largest absolute Gasteiger partial charge is 0.353 e. The van der Waals surface area contributed by atoms with Gasteiger partial charge in [0.15, 0.2) is 0 Å². The average molecular weight is 280 g/mol. The van der Waals surface area contributed by atoms with Crippen LogP contribution in [0.2, 0.25) is 0 Å². The Labute approximate surface area is 116 Å². The molecule has 0 bridgehead atoms. The number of nitrogens with one attached hydrogen (secondary N) is 3. The third kappa shape index (κ3) is 11.7. The monoisotopic (exact) mass is 279 g/mol. The summed E-state index contributed by atoms with van der Waals surface area (Å²) in [6, 6.07) is 0.226. The van der Waals surface area contributed by atoms with Gasteiger partial charge in [-0.05, 0) is 19.4 Å². The molecule has 0 saturated carbocycles. The van der Waals surface area contributed by atoms with Gasteiger partial charge in [-0.2, -0.15) is 0 Å². The first-order chi connectivity index (χ1) is 7.74. The second-order valence-corrected chi connectivity index (χ2v) is 5.51. The highest BCUT2D eigenvalue weighted by atomic mass is 35.5. The van der Waals surface area contributed by atoms with Crippen LogP contribution in [0.15, 0.2) is 0 Å². The Balaban J connectivity index is 0. The molecule has 108 valence electrons. The van der Waals surface area contributed by atoms with Gasteiger partial charge in [0.1, 0.15) is 0 Å². The van der Waals surface area contributed by atoms with E-state index in [1.807, 2.05) is 34.7 Å². The number of rotatable bonds is 6. The zero-order valence-electron chi connectivity index (χ0n) is 11.9. The average Bonchev–Trinajstić information content (AvgIpc) is 2.20. The van der Waals surface area contributed by atoms with E-state index in [0.29, 0.717) is 13.0 Å². The molecule has 0 heterocycles. The quantitative estimate of drug-likeness (QED) is 0.670. The number of carbonyl (C=O) groups is 2. The fraction of sp³-hybridized carbons (Fsp3) is 0.833. The van der Waals surface area contributed by atoms with Gasteiger partial charge in [-0.25, -0.2) is 0 Å². The first kappa shape index (κ1) is 19.5. The van der Waals surface area contributed by atoms with Gasteiger partial charge in [0.25, 0.3) is 0 Å². The molecule has 1 atom stereocenters. The lowest BCUT2D eigenvalue weighted by Crippen LogP contribution is -2.42. The van der Waals surface area contributed by atoms with Crippen molar-refractivity contribution in [2.75, 3.05) is 20.1 Å². The summed E-state index contributed by atoms with van der Waals surface area (Å²) < 4.78 is 0. The highest BCUT2D eigenvalue weighted by Crippen LogP contribution is 2.17. The number of likely N-dealkylation sites (N-methyl/N-ethyl adjacent to an activating group) is 1. The highest BCUT2D eigenvalue weighted by Gasteiger charge is 2.16. The van der Waals surface area contributed by atoms with Crippen LogP contribution in [0.3, 0.4) is 0 Å². The molecule has 2 amide bonds. The Bertz CT molecular complexity index is 265. The Morgan fingerprint density at radius 1 is 1.11 bits per heavy atom. The molecule has 0 spiro atoms. The first-order valence-electron chi connectivity index (χ1n) is 5.95. The molecule has 0 aliphatic rings. The lowest BCUT2D eigenvalue weighted by atomic mass is 9.92. The molecular weight excluding hydrogens is 254 g/mol. The summed E-state index contributed by atoms with van der Waals surface area (Å²) >= 11 is 0. The topological polar surface area (TPSA) is 70.2 Å². The molecule has 0 aromatic rings. The van der Waals surface area contributed by atoms with E-state index in [2.05, 4.69) is 16.0 Å². The van der Waals surface area contributed by atoms with Gasteiger partial charge in [0.05, 0.1) is 6.54 Å². The second kappa shape index (κ2) is 9.16. The van der Waals surface area contributed by atoms with Crippen molar-refractivity contribution < 1.29 is 9.59 Å². The fourth-order valence-corrected chi connectivity index (χ4v) is 1.15. The summed E-state index contributed by atoms with van der Waals surface area (Å²) in [6.45, 7) is 8.54. The summed E-state index contributed by atoms with van der Waals surface area (Å²) in [5.41, 5.74) is -0.0544. The zero-order valence-corrected chi connectivity index (χ0v) is 12.7. The van der Waals surface area contributed by atoms with E-state index in [1.54, 1.807) is 0 Å². The number of hydrogen-bond donors (Lipinski definition) is 3. The van der Waals surface area contributed by atoms with E-state index in [-0.39, 0.29) is 42.2 Å². The standard InChI is InChI=1S/C12H25N3O2.ClH/c1-9(13-5)7-14-11(17)8-15-10(16)6-12(2,3)4;/h9,13H,6-8H2,1-5H3,(H,14,17)(H,15,16);1H. The van der Waals surface area contributed by atoms with Crippen molar-refractivity contribution in [2.24, 2.45) is 5.41 Å². The molecule has 0 aliphatic heterocycles. The van der Waals surface area contributed by atoms with Gasteiger partial charge in [-0.15, -0.1) is 12.4 Å². The van der Waals surface area contributed by atoms with Gasteiger partial charge in [0, 0.05) is 19.0 Å². The predicted molar refractivity (Wildman–Crippen MR) is 75.9 cm³/mol. The summed E-state index contributed by atoms with van der Waals surface area (Å²) in [4.78, 5) is 22.8. The maximum atomic E-state index is 11.5. The lowest BCUT2D eigenvalue weighted by molar-refractivity contribution is -0.127. The molecule has 0 saturated heterocycles. The number of carbonyl (C=O) groups excluding carboxylic acids is 2. The van der Waals surface area contributed by atoms with Gasteiger partial charge in [-0.3, -0.25) is 9.59 Å². The minimum atomic E-state index is -0.158. The molecule has 0 aromatic carbocycles. The van der Waals surface area contributed by atoms with Gasteiger partial charge in [-0.1, -0.05) is 20.8 Å². The molecule has 0 aliphatic carbocycles. The van der Waals surface area contributed by atoms with Crippen LogP contribution in [0.25, 0.3) is 0 Å². The summed E-state index contributed by atoms with van der Waals surface area (Å²) in [5.74, 6) is -0.247. The lowest BCUT2D eigenvalue weighted by Gasteiger charge is -2.17. The van der Waals surface area contributed by atoms with Gasteiger partial charge in [0.2, 0.25) is 11.8 Å². The van der Waals surface area contributed by atoms with Crippen molar-refractivity contribution >= 4 is 24.2 Å². The Morgan fingerprint density at radius 2 is 1.67 bits per heavy atom. The third-order valence-electron chi connectivity index (χ3n) is 2.24. The van der Waals surface area contributed by atoms with Crippen LogP contribution in [0.4, 0.5) is 0 Å². The minimum absolute atomic E-state index is 0. The molecule has 0 rings (SSSR count). The van der Waals surface area contributed by atoms with Crippen LogP contribution < -0.4 is 16.0 Å². The molecular formula is C12H26ClN3O2. The Kier molecular flexibility index (Phi) is 9.94. The van der Waals surface area contributed by atoms with Crippen LogP contribution in [0.5, 0.6) is 0 Å². The van der Waals surface area contributed by atoms with Crippen molar-refractivity contribution in [3.8, 4) is 0 Å². The molecule has 0 radical (unpaired) electrons. The molecule has 5 nitrogen and oxygen atoms in total. The highest BCUT2D eigenvalue weighted by molar-refractivity contribution is 5.85. The SMILES string of the molecule is CNC(C)CNC(=O)CNC(=O)CC(C)(C)C.Cl. The molecule has 1 unspecified atom stereocenters. The van der Waals surface area contributed by atoms with Crippen LogP contribution in [0.1, 0.15) is 34.1 Å². The van der Waals surface area contributed by atoms with Crippen molar-refractivity contribution in [1.82, 2.24) is 16.0 Å². The van der Waals surface area contributed by atoms with Crippen molar-refractivity contribution in [3.63, 3.8) is 0 Å². The fourth-order valence-electron chi connectivity index (χ4n) is 1.15. The number of halogens is 1. The van der Waals surface area contributed by atoms with Crippen molar-refractivity contribution in [2.45, 2.75) is 40.2 Å². The van der Waals surface area contributed by atoms with Crippen LogP contribution in [-0.2, 0) is 9.59 Å². The summed E-state index contributed by atoms with van der Waals surface area (Å²) in [5, 5.41) is 8.36. The molecule has 6 heteroatoms. The summed E-state index contributed by atoms with van der Waals surface area (Å²) in [6.07, 6.45) is 0.424. The van der Waals surface area contributed by atoms with Gasteiger partial charge >= 0.3 is 0 Å². The van der Waals surface area contributed by atoms with Crippen LogP contribution >= 0.6 is 12.4 Å². The van der Waals surface area contributed by atoms with E-state index >= 15 is 0 Å². The van der Waals surface area contributed by atoms with E-state index in [4.69, 9.17) is 0 Å². The van der Waals surface area contributed by atoms with E-state index in [9.17, 15) is 9.59 Å². The smallest absolute Gasteiger partial charge is 0.239 e. The maximum absolute atomic E-state index is 11.5. The van der Waals surface area contributed by atoms with Crippen molar-refractivity contribution in [3.05, 3.63) is 0 Å². The van der Waals surface area contributed by atoms with Gasteiger partial charge < -0.3 is 16.0 Å². The van der Waals surface area contributed by atoms with Crippen LogP contribution in [0, 0.1) is 5.41 Å². The van der Waals surface area contributed by atoms with E-state index in [1.165, 1.54) is 0 Å². The Hall–Kier alpha value is -0.810. The minimum Gasteiger partial charge on any atom is -0.353 e. The number of amides is 2. The molecule has 18 heavy (non-hydrogen) atoms. The molecule has 3 N–H and O–H groups in total. The van der Waals surface area contributed by atoms with E-state index in [0.717, 1.165) is 0 Å². The third-order valence-corrected chi connectivity index (χ3v) is 2.24. The van der Waals surface area contributed by atoms with E-state index < -0.39 is 0 Å².